The van der Waals surface area contributed by atoms with Crippen LogP contribution in [0.4, 0.5) is 0 Å². The summed E-state index contributed by atoms with van der Waals surface area (Å²) in [4.78, 5) is 8.97. The van der Waals surface area contributed by atoms with Crippen LogP contribution in [0, 0.1) is 6.92 Å². The average molecular weight is 269 g/mol. The van der Waals surface area contributed by atoms with E-state index in [9.17, 15) is 0 Å². The summed E-state index contributed by atoms with van der Waals surface area (Å²) in [5.41, 5.74) is 2.97. The molecule has 0 bridgehead atoms. The highest BCUT2D eigenvalue weighted by Crippen LogP contribution is 2.24. The van der Waals surface area contributed by atoms with E-state index in [1.54, 1.807) is 0 Å². The molecule has 1 aromatic heterocycles. The molecule has 0 fully saturated rings. The first kappa shape index (κ1) is 14.5. The lowest BCUT2D eigenvalue weighted by atomic mass is 10.1. The molecule has 0 aliphatic carbocycles. The van der Waals surface area contributed by atoms with Crippen molar-refractivity contribution in [2.24, 2.45) is 0 Å². The number of hydrogen-bond acceptors (Lipinski definition) is 3. The van der Waals surface area contributed by atoms with Gasteiger partial charge in [-0.3, -0.25) is 0 Å². The Morgan fingerprint density at radius 2 is 1.40 bits per heavy atom. The van der Waals surface area contributed by atoms with Gasteiger partial charge in [-0.15, -0.1) is 0 Å². The number of hydrogen-bond donors (Lipinski definition) is 0. The second kappa shape index (κ2) is 6.04. The van der Waals surface area contributed by atoms with Gasteiger partial charge in [-0.1, -0.05) is 39.8 Å². The molecule has 0 N–H and O–H groups in total. The van der Waals surface area contributed by atoms with E-state index in [1.807, 2.05) is 24.3 Å². The first-order chi connectivity index (χ1) is 9.45. The Morgan fingerprint density at radius 1 is 0.900 bits per heavy atom. The molecule has 1 aromatic carbocycles. The predicted octanol–water partition coefficient (Wildman–Crippen LogP) is 4.70. The summed E-state index contributed by atoms with van der Waals surface area (Å²) >= 11 is 0. The van der Waals surface area contributed by atoms with Gasteiger partial charge in [-0.25, -0.2) is 0 Å². The Kier molecular flexibility index (Phi) is 4.38. The minimum absolute atomic E-state index is 0.347. The van der Waals surface area contributed by atoms with Crippen molar-refractivity contribution < 1.29 is 4.74 Å². The van der Waals surface area contributed by atoms with E-state index < -0.39 is 0 Å². The Morgan fingerprint density at radius 3 is 1.85 bits per heavy atom. The van der Waals surface area contributed by atoms with Crippen molar-refractivity contribution in [3.05, 3.63) is 54.2 Å². The predicted molar refractivity (Wildman–Crippen MR) is 81.2 cm³/mol. The van der Waals surface area contributed by atoms with E-state index >= 15 is 0 Å². The van der Waals surface area contributed by atoms with Crippen LogP contribution in [-0.4, -0.2) is 9.97 Å². The molecule has 2 aromatic rings. The summed E-state index contributed by atoms with van der Waals surface area (Å²) < 4.78 is 5.76. The van der Waals surface area contributed by atoms with Gasteiger partial charge in [0.25, 0.3) is 0 Å². The molecule has 0 amide bonds. The van der Waals surface area contributed by atoms with Gasteiger partial charge in [0.15, 0.2) is 0 Å². The van der Waals surface area contributed by atoms with Crippen molar-refractivity contribution in [3.63, 3.8) is 0 Å². The Labute approximate surface area is 121 Å². The smallest absolute Gasteiger partial charge is 0.322 e. The van der Waals surface area contributed by atoms with Gasteiger partial charge in [0.05, 0.1) is 11.4 Å². The minimum atomic E-state index is 0.347. The van der Waals surface area contributed by atoms with Crippen molar-refractivity contribution in [2.45, 2.75) is 39.5 Å². The lowest BCUT2D eigenvalue weighted by Gasteiger charge is -2.12. The largest absolute Gasteiger partial charge is 0.424 e. The first-order valence-electron chi connectivity index (χ1n) is 6.94. The van der Waals surface area contributed by atoms with Gasteiger partial charge in [-0.2, -0.15) is 9.97 Å². The highest BCUT2D eigenvalue weighted by Gasteiger charge is 2.11. The van der Waals surface area contributed by atoms with Crippen LogP contribution in [0.25, 0.3) is 0 Å². The summed E-state index contributed by atoms with van der Waals surface area (Å²) in [5.74, 6) is 1.42. The first-order valence-corrected chi connectivity index (χ1v) is 6.94. The molecule has 105 valence electrons. The van der Waals surface area contributed by atoms with Crippen LogP contribution >= 0.6 is 0 Å². The zero-order valence-corrected chi connectivity index (χ0v) is 12.6. The molecule has 0 aliphatic rings. The van der Waals surface area contributed by atoms with Crippen LogP contribution in [0.15, 0.2) is 30.3 Å². The van der Waals surface area contributed by atoms with Crippen LogP contribution in [0.2, 0.25) is 0 Å². The lowest BCUT2D eigenvalue weighted by molar-refractivity contribution is 0.434. The van der Waals surface area contributed by atoms with Crippen LogP contribution < -0.4 is 4.74 Å². The third-order valence-corrected chi connectivity index (χ3v) is 3.06. The quantitative estimate of drug-likeness (QED) is 0.807. The second-order valence-electron chi connectivity index (χ2n) is 5.56. The molecule has 0 unspecified atom stereocenters. The van der Waals surface area contributed by atoms with E-state index in [-0.39, 0.29) is 0 Å². The molecule has 2 rings (SSSR count). The van der Waals surface area contributed by atoms with Gasteiger partial charge in [0, 0.05) is 0 Å². The average Bonchev–Trinajstić information content (AvgIpc) is 2.41. The zero-order chi connectivity index (χ0) is 14.7. The van der Waals surface area contributed by atoms with Crippen molar-refractivity contribution in [1.29, 1.82) is 0 Å². The van der Waals surface area contributed by atoms with Gasteiger partial charge in [0.1, 0.15) is 5.75 Å². The fourth-order valence-electron chi connectivity index (χ4n) is 1.76. The van der Waals surface area contributed by atoms with E-state index in [1.165, 1.54) is 0 Å². The standard InChI is InChI=1S/C17H21N2O/c1-11(2)15-10-16(12(3)4)19-17(18-15)20-14-8-6-13(5)7-9-14/h6-12H,5H2,1-4H3. The fourth-order valence-corrected chi connectivity index (χ4v) is 1.76. The molecule has 0 spiro atoms. The third kappa shape index (κ3) is 3.56. The topological polar surface area (TPSA) is 35.0 Å². The van der Waals surface area contributed by atoms with Gasteiger partial charge >= 0.3 is 6.01 Å². The molecule has 1 radical (unpaired) electrons. The van der Waals surface area contributed by atoms with Gasteiger partial charge in [-0.05, 0) is 42.5 Å². The summed E-state index contributed by atoms with van der Waals surface area (Å²) in [6.45, 7) is 12.3. The fraction of sp³-hybridized carbons (Fsp3) is 0.353. The number of benzene rings is 1. The van der Waals surface area contributed by atoms with E-state index in [0.29, 0.717) is 17.8 Å². The molecule has 20 heavy (non-hydrogen) atoms. The van der Waals surface area contributed by atoms with Crippen LogP contribution in [-0.2, 0) is 0 Å². The number of aromatic nitrogens is 2. The van der Waals surface area contributed by atoms with E-state index in [2.05, 4.69) is 50.7 Å². The van der Waals surface area contributed by atoms with Crippen molar-refractivity contribution in [3.8, 4) is 11.8 Å². The van der Waals surface area contributed by atoms with Crippen LogP contribution in [0.5, 0.6) is 11.8 Å². The molecule has 0 aliphatic heterocycles. The van der Waals surface area contributed by atoms with E-state index in [0.717, 1.165) is 22.7 Å². The lowest BCUT2D eigenvalue weighted by Crippen LogP contribution is -2.03. The number of ether oxygens (including phenoxy) is 1. The maximum Gasteiger partial charge on any atom is 0.322 e. The molecule has 0 saturated heterocycles. The maximum atomic E-state index is 5.76. The van der Waals surface area contributed by atoms with E-state index in [4.69, 9.17) is 4.74 Å². The van der Waals surface area contributed by atoms with Gasteiger partial charge in [0.2, 0.25) is 0 Å². The SMILES string of the molecule is [CH2]c1ccc(Oc2nc(C(C)C)cc(C(C)C)n2)cc1. The van der Waals surface area contributed by atoms with Crippen LogP contribution in [0.3, 0.4) is 0 Å². The van der Waals surface area contributed by atoms with Crippen LogP contribution in [0.1, 0.15) is 56.5 Å². The Bertz CT molecular complexity index is 548. The zero-order valence-electron chi connectivity index (χ0n) is 12.6. The molecule has 0 atom stereocenters. The normalized spacial score (nSPS) is 11.2. The summed E-state index contributed by atoms with van der Waals surface area (Å²) in [6, 6.07) is 10.0. The number of rotatable bonds is 4. The molecule has 1 heterocycles. The van der Waals surface area contributed by atoms with Crippen molar-refractivity contribution in [1.82, 2.24) is 9.97 Å². The number of nitrogens with zero attached hydrogens (tertiary/aromatic N) is 2. The molecule has 0 saturated carbocycles. The monoisotopic (exact) mass is 269 g/mol. The summed E-state index contributed by atoms with van der Waals surface area (Å²) in [6.07, 6.45) is 0. The molecular weight excluding hydrogens is 248 g/mol. The molecular formula is C17H21N2O. The van der Waals surface area contributed by atoms with Crippen molar-refractivity contribution in [2.75, 3.05) is 0 Å². The van der Waals surface area contributed by atoms with Crippen molar-refractivity contribution >= 4 is 0 Å². The molecule has 3 heteroatoms. The van der Waals surface area contributed by atoms with Gasteiger partial charge < -0.3 is 4.74 Å². The Hall–Kier alpha value is -1.90. The minimum Gasteiger partial charge on any atom is -0.424 e. The molecule has 3 nitrogen and oxygen atoms in total. The maximum absolute atomic E-state index is 5.76. The summed E-state index contributed by atoms with van der Waals surface area (Å²) in [7, 11) is 0. The summed E-state index contributed by atoms with van der Waals surface area (Å²) in [5, 5.41) is 0. The highest BCUT2D eigenvalue weighted by molar-refractivity contribution is 5.31. The second-order valence-corrected chi connectivity index (χ2v) is 5.56. The third-order valence-electron chi connectivity index (χ3n) is 3.06. The Balaban J connectivity index is 2.32. The highest BCUT2D eigenvalue weighted by atomic mass is 16.5.